The number of anilines is 2. The summed E-state index contributed by atoms with van der Waals surface area (Å²) >= 11 is 0. The Morgan fingerprint density at radius 3 is 1.88 bits per heavy atom. The normalized spacial score (nSPS) is 8.19. The van der Waals surface area contributed by atoms with Crippen molar-refractivity contribution in [1.29, 1.82) is 10.5 Å². The molecule has 8 heteroatoms. The first-order valence-corrected chi connectivity index (χ1v) is 7.85. The molecule has 2 amide bonds. The molecular formula is C18H20N6O2. The zero-order chi connectivity index (χ0) is 19.8. The third kappa shape index (κ3) is 8.75. The third-order valence-corrected chi connectivity index (χ3v) is 2.59. The quantitative estimate of drug-likeness (QED) is 0.813. The maximum Gasteiger partial charge on any atom is 0.224 e. The van der Waals surface area contributed by atoms with Crippen LogP contribution in [0, 0.1) is 22.7 Å². The number of carbonyl (C=O) groups excluding carboxylic acids is 2. The van der Waals surface area contributed by atoms with E-state index < -0.39 is 0 Å². The van der Waals surface area contributed by atoms with Gasteiger partial charge in [-0.3, -0.25) is 9.59 Å². The molecule has 0 saturated carbocycles. The minimum atomic E-state index is -0.0634. The smallest absolute Gasteiger partial charge is 0.224 e. The van der Waals surface area contributed by atoms with Gasteiger partial charge in [0.05, 0.1) is 23.8 Å². The molecular weight excluding hydrogens is 332 g/mol. The van der Waals surface area contributed by atoms with Crippen LogP contribution in [0.2, 0.25) is 0 Å². The van der Waals surface area contributed by atoms with E-state index >= 15 is 0 Å². The molecule has 0 atom stereocenters. The second-order valence-electron chi connectivity index (χ2n) is 4.25. The molecule has 0 unspecified atom stereocenters. The van der Waals surface area contributed by atoms with Gasteiger partial charge in [0.1, 0.15) is 23.5 Å². The highest BCUT2D eigenvalue weighted by atomic mass is 16.1. The van der Waals surface area contributed by atoms with E-state index in [0.717, 1.165) is 0 Å². The van der Waals surface area contributed by atoms with Gasteiger partial charge in [0.2, 0.25) is 12.3 Å². The highest BCUT2D eigenvalue weighted by Gasteiger charge is 1.98. The van der Waals surface area contributed by atoms with Crippen molar-refractivity contribution in [3.8, 4) is 12.1 Å². The van der Waals surface area contributed by atoms with Gasteiger partial charge in [-0.1, -0.05) is 20.8 Å². The Morgan fingerprint density at radius 1 is 1.04 bits per heavy atom. The topological polar surface area (TPSA) is 132 Å². The van der Waals surface area contributed by atoms with Crippen molar-refractivity contribution in [2.75, 3.05) is 10.6 Å². The molecule has 8 nitrogen and oxygen atoms in total. The van der Waals surface area contributed by atoms with Gasteiger partial charge in [0, 0.05) is 6.42 Å². The Morgan fingerprint density at radius 2 is 1.54 bits per heavy atom. The molecule has 0 saturated heterocycles. The van der Waals surface area contributed by atoms with Crippen molar-refractivity contribution in [3.05, 3.63) is 48.0 Å². The van der Waals surface area contributed by atoms with Crippen LogP contribution >= 0.6 is 0 Å². The number of carbonyl (C=O) groups is 2. The molecule has 0 bridgehead atoms. The largest absolute Gasteiger partial charge is 0.327 e. The van der Waals surface area contributed by atoms with Crippen LogP contribution in [0.25, 0.3) is 0 Å². The highest BCUT2D eigenvalue weighted by molar-refractivity contribution is 5.90. The fourth-order valence-electron chi connectivity index (χ4n) is 1.40. The van der Waals surface area contributed by atoms with Crippen LogP contribution in [0.3, 0.4) is 0 Å². The Hall–Kier alpha value is -3.78. The summed E-state index contributed by atoms with van der Waals surface area (Å²) in [5, 5.41) is 21.9. The van der Waals surface area contributed by atoms with Crippen LogP contribution in [0.5, 0.6) is 0 Å². The van der Waals surface area contributed by atoms with Crippen LogP contribution in [-0.4, -0.2) is 22.3 Å². The van der Waals surface area contributed by atoms with E-state index in [4.69, 9.17) is 10.5 Å². The van der Waals surface area contributed by atoms with E-state index in [1.165, 1.54) is 18.5 Å². The van der Waals surface area contributed by atoms with Crippen molar-refractivity contribution in [2.24, 2.45) is 0 Å². The molecule has 0 radical (unpaired) electrons. The first kappa shape index (κ1) is 22.2. The molecule has 0 spiro atoms. The maximum absolute atomic E-state index is 10.9. The van der Waals surface area contributed by atoms with Crippen LogP contribution < -0.4 is 10.6 Å². The summed E-state index contributed by atoms with van der Waals surface area (Å²) in [7, 11) is 0. The number of rotatable bonds is 4. The number of amides is 2. The van der Waals surface area contributed by atoms with Crippen molar-refractivity contribution in [3.63, 3.8) is 0 Å². The molecule has 26 heavy (non-hydrogen) atoms. The van der Waals surface area contributed by atoms with Crippen LogP contribution in [-0.2, 0) is 9.59 Å². The zero-order valence-electron chi connectivity index (χ0n) is 14.9. The predicted molar refractivity (Wildman–Crippen MR) is 97.9 cm³/mol. The van der Waals surface area contributed by atoms with E-state index in [9.17, 15) is 9.59 Å². The molecule has 0 aliphatic carbocycles. The molecule has 0 aromatic carbocycles. The molecule has 0 aliphatic rings. The van der Waals surface area contributed by atoms with Crippen LogP contribution in [0.4, 0.5) is 11.4 Å². The van der Waals surface area contributed by atoms with Crippen LogP contribution in [0.15, 0.2) is 36.7 Å². The minimum Gasteiger partial charge on any atom is -0.327 e. The fraction of sp³-hybridized carbons (Fsp3) is 0.222. The molecule has 2 rings (SSSR count). The number of hydrogen-bond acceptors (Lipinski definition) is 6. The van der Waals surface area contributed by atoms with Crippen molar-refractivity contribution in [2.45, 2.75) is 27.2 Å². The lowest BCUT2D eigenvalue weighted by atomic mass is 10.3. The van der Waals surface area contributed by atoms with Gasteiger partial charge in [0.15, 0.2) is 0 Å². The van der Waals surface area contributed by atoms with Crippen molar-refractivity contribution >= 4 is 23.7 Å². The Labute approximate surface area is 152 Å². The molecule has 0 aliphatic heterocycles. The van der Waals surface area contributed by atoms with Gasteiger partial charge in [0.25, 0.3) is 0 Å². The van der Waals surface area contributed by atoms with Gasteiger partial charge < -0.3 is 10.6 Å². The predicted octanol–water partition coefficient (Wildman–Crippen LogP) is 2.85. The lowest BCUT2D eigenvalue weighted by Gasteiger charge is -2.01. The molecule has 2 aromatic heterocycles. The minimum absolute atomic E-state index is 0.0634. The number of nitrogens with one attached hydrogen (secondary N) is 2. The average molecular weight is 352 g/mol. The number of nitriles is 2. The van der Waals surface area contributed by atoms with E-state index in [0.29, 0.717) is 35.6 Å². The number of pyridine rings is 2. The van der Waals surface area contributed by atoms with Gasteiger partial charge in [-0.05, 0) is 24.3 Å². The number of aromatic nitrogens is 2. The third-order valence-electron chi connectivity index (χ3n) is 2.59. The van der Waals surface area contributed by atoms with E-state index in [1.807, 2.05) is 26.0 Å². The van der Waals surface area contributed by atoms with Gasteiger partial charge in [-0.15, -0.1) is 0 Å². The fourth-order valence-corrected chi connectivity index (χ4v) is 1.40. The summed E-state index contributed by atoms with van der Waals surface area (Å²) in [6.45, 7) is 5.77. The summed E-state index contributed by atoms with van der Waals surface area (Å²) in [6.07, 6.45) is 3.88. The van der Waals surface area contributed by atoms with Crippen molar-refractivity contribution in [1.82, 2.24) is 9.97 Å². The second-order valence-corrected chi connectivity index (χ2v) is 4.25. The Kier molecular flexibility index (Phi) is 11.7. The average Bonchev–Trinajstić information content (AvgIpc) is 2.71. The van der Waals surface area contributed by atoms with Crippen molar-refractivity contribution < 1.29 is 9.59 Å². The molecule has 2 N–H and O–H groups in total. The SMILES string of the molecule is CC.CCC(=O)Nc1ccc(C#N)nc1.N#Cc1ccc(NC=O)cn1. The number of nitrogens with zero attached hydrogens (tertiary/aromatic N) is 4. The van der Waals surface area contributed by atoms with E-state index in [1.54, 1.807) is 25.1 Å². The molecule has 2 heterocycles. The molecule has 134 valence electrons. The summed E-state index contributed by atoms with van der Waals surface area (Å²) in [6, 6.07) is 10.1. The first-order chi connectivity index (χ1) is 12.6. The monoisotopic (exact) mass is 352 g/mol. The van der Waals surface area contributed by atoms with Crippen LogP contribution in [0.1, 0.15) is 38.6 Å². The number of hydrogen-bond donors (Lipinski definition) is 2. The summed E-state index contributed by atoms with van der Waals surface area (Å²) in [4.78, 5) is 28.4. The lowest BCUT2D eigenvalue weighted by molar-refractivity contribution is -0.115. The van der Waals surface area contributed by atoms with E-state index in [-0.39, 0.29) is 5.91 Å². The molecule has 2 aromatic rings. The first-order valence-electron chi connectivity index (χ1n) is 7.85. The van der Waals surface area contributed by atoms with Gasteiger partial charge >= 0.3 is 0 Å². The maximum atomic E-state index is 10.9. The summed E-state index contributed by atoms with van der Waals surface area (Å²) in [5.41, 5.74) is 1.88. The lowest BCUT2D eigenvalue weighted by Crippen LogP contribution is -2.09. The van der Waals surface area contributed by atoms with Gasteiger partial charge in [-0.2, -0.15) is 10.5 Å². The van der Waals surface area contributed by atoms with Gasteiger partial charge in [-0.25, -0.2) is 9.97 Å². The standard InChI is InChI=1S/C9H9N3O.C7H5N3O.C2H6/c1-2-9(13)12-8-4-3-7(5-10)11-6-8;8-3-6-1-2-7(4-9-6)10-5-11;1-2/h3-4,6H,2H2,1H3,(H,12,13);1-2,4-5H,(H,10,11);1-2H3. The highest BCUT2D eigenvalue weighted by Crippen LogP contribution is 2.05. The van der Waals surface area contributed by atoms with E-state index in [2.05, 4.69) is 20.6 Å². The Balaban J connectivity index is 0.000000444. The second kappa shape index (κ2) is 13.6. The Bertz CT molecular complexity index is 758. The summed E-state index contributed by atoms with van der Waals surface area (Å²) < 4.78 is 0. The molecule has 0 fully saturated rings. The summed E-state index contributed by atoms with van der Waals surface area (Å²) in [5.74, 6) is -0.0634. The zero-order valence-corrected chi connectivity index (χ0v) is 14.9.